The Morgan fingerprint density at radius 1 is 1.58 bits per heavy atom. The molecular weight excluding hydrogens is 267 g/mol. The van der Waals surface area contributed by atoms with Crippen molar-refractivity contribution in [2.24, 2.45) is 0 Å². The van der Waals surface area contributed by atoms with Gasteiger partial charge in [-0.1, -0.05) is 6.92 Å². The Balaban J connectivity index is 3.06. The van der Waals surface area contributed by atoms with Gasteiger partial charge in [-0.25, -0.2) is 4.98 Å². The average Bonchev–Trinajstić information content (AvgIpc) is 2.34. The molecule has 0 radical (unpaired) electrons. The zero-order chi connectivity index (χ0) is 14.6. The molecule has 106 valence electrons. The van der Waals surface area contributed by atoms with Crippen molar-refractivity contribution in [3.63, 3.8) is 0 Å². The first-order valence-electron chi connectivity index (χ1n) is 5.39. The second kappa shape index (κ2) is 5.83. The molecule has 1 aromatic rings. The molecule has 0 fully saturated rings. The summed E-state index contributed by atoms with van der Waals surface area (Å²) < 4.78 is 37.4. The van der Waals surface area contributed by atoms with Crippen molar-refractivity contribution in [1.29, 1.82) is 0 Å². The van der Waals surface area contributed by atoms with Crippen molar-refractivity contribution in [2.45, 2.75) is 25.6 Å². The summed E-state index contributed by atoms with van der Waals surface area (Å²) in [4.78, 5) is 12.8. The molecule has 0 amide bonds. The third-order valence-corrected chi connectivity index (χ3v) is 2.37. The van der Waals surface area contributed by atoms with Crippen molar-refractivity contribution >= 4 is 11.4 Å². The minimum atomic E-state index is -4.69. The number of nitrogens with one attached hydrogen (secondary N) is 1. The van der Waals surface area contributed by atoms with Crippen LogP contribution in [0.1, 0.15) is 19.0 Å². The van der Waals surface area contributed by atoms with Crippen LogP contribution < -0.4 is 5.32 Å². The maximum absolute atomic E-state index is 12.5. The Morgan fingerprint density at radius 2 is 2.21 bits per heavy atom. The van der Waals surface area contributed by atoms with Gasteiger partial charge in [0.25, 0.3) is 0 Å². The van der Waals surface area contributed by atoms with Crippen LogP contribution in [0.15, 0.2) is 12.3 Å². The van der Waals surface area contributed by atoms with Gasteiger partial charge in [-0.3, -0.25) is 10.1 Å². The molecule has 1 heterocycles. The van der Waals surface area contributed by atoms with Crippen molar-refractivity contribution in [2.75, 3.05) is 11.9 Å². The first kappa shape index (κ1) is 15.2. The number of hydrogen-bond acceptors (Lipinski definition) is 5. The zero-order valence-corrected chi connectivity index (χ0v) is 9.94. The van der Waals surface area contributed by atoms with Crippen LogP contribution in [0.2, 0.25) is 0 Å². The second-order valence-corrected chi connectivity index (χ2v) is 3.78. The number of hydrogen-bond donors (Lipinski definition) is 2. The van der Waals surface area contributed by atoms with E-state index < -0.39 is 28.6 Å². The van der Waals surface area contributed by atoms with E-state index in [4.69, 9.17) is 0 Å². The molecule has 19 heavy (non-hydrogen) atoms. The second-order valence-electron chi connectivity index (χ2n) is 3.78. The summed E-state index contributed by atoms with van der Waals surface area (Å²) in [7, 11) is 0. The van der Waals surface area contributed by atoms with Crippen LogP contribution in [0.3, 0.4) is 0 Å². The maximum atomic E-state index is 12.5. The van der Waals surface area contributed by atoms with E-state index in [1.54, 1.807) is 6.92 Å². The van der Waals surface area contributed by atoms with Gasteiger partial charge in [0.15, 0.2) is 0 Å². The van der Waals surface area contributed by atoms with E-state index in [2.05, 4.69) is 10.3 Å². The third kappa shape index (κ3) is 4.05. The fourth-order valence-electron chi connectivity index (χ4n) is 1.26. The summed E-state index contributed by atoms with van der Waals surface area (Å²) in [6, 6.07) is 0.556. The van der Waals surface area contributed by atoms with Crippen molar-refractivity contribution < 1.29 is 23.2 Å². The van der Waals surface area contributed by atoms with Crippen molar-refractivity contribution in [1.82, 2.24) is 4.98 Å². The number of pyridine rings is 1. The number of halogens is 3. The molecule has 1 aromatic heterocycles. The number of alkyl halides is 3. The number of nitro groups is 1. The Labute approximate surface area is 106 Å². The molecule has 6 nitrogen and oxygen atoms in total. The van der Waals surface area contributed by atoms with Crippen molar-refractivity contribution in [3.8, 4) is 0 Å². The van der Waals surface area contributed by atoms with E-state index in [-0.39, 0.29) is 12.2 Å². The van der Waals surface area contributed by atoms with Crippen LogP contribution in [0.25, 0.3) is 0 Å². The predicted molar refractivity (Wildman–Crippen MR) is 60.7 cm³/mol. The quantitative estimate of drug-likeness (QED) is 0.637. The third-order valence-electron chi connectivity index (χ3n) is 2.37. The van der Waals surface area contributed by atoms with E-state index in [1.807, 2.05) is 0 Å². The highest BCUT2D eigenvalue weighted by molar-refractivity contribution is 5.61. The predicted octanol–water partition coefficient (Wildman–Crippen LogP) is 2.19. The number of aliphatic hydroxyl groups excluding tert-OH is 1. The summed E-state index contributed by atoms with van der Waals surface area (Å²) in [6.07, 6.45) is -4.57. The van der Waals surface area contributed by atoms with E-state index in [0.29, 0.717) is 18.7 Å². The van der Waals surface area contributed by atoms with Crippen LogP contribution in [0, 0.1) is 10.1 Å². The molecule has 0 saturated carbocycles. The highest BCUT2D eigenvalue weighted by atomic mass is 19.4. The summed E-state index contributed by atoms with van der Waals surface area (Å²) in [5.41, 5.74) is -2.12. The minimum absolute atomic E-state index is 0.0847. The summed E-state index contributed by atoms with van der Waals surface area (Å²) in [6.45, 7) is 1.59. The Hall–Kier alpha value is -1.90. The van der Waals surface area contributed by atoms with E-state index >= 15 is 0 Å². The molecule has 0 aliphatic rings. The maximum Gasteiger partial charge on any atom is 0.433 e. The molecule has 0 aliphatic heterocycles. The first-order valence-corrected chi connectivity index (χ1v) is 5.39. The van der Waals surface area contributed by atoms with E-state index in [1.165, 1.54) is 0 Å². The zero-order valence-electron chi connectivity index (χ0n) is 9.94. The van der Waals surface area contributed by atoms with Crippen LogP contribution in [-0.4, -0.2) is 27.7 Å². The summed E-state index contributed by atoms with van der Waals surface area (Å²) in [5.74, 6) is 0. The van der Waals surface area contributed by atoms with E-state index in [9.17, 15) is 28.4 Å². The van der Waals surface area contributed by atoms with Crippen LogP contribution in [0.4, 0.5) is 24.5 Å². The topological polar surface area (TPSA) is 88.3 Å². The normalized spacial score (nSPS) is 13.1. The lowest BCUT2D eigenvalue weighted by Crippen LogP contribution is -2.19. The number of aliphatic hydroxyl groups is 1. The minimum Gasteiger partial charge on any atom is -0.391 e. The van der Waals surface area contributed by atoms with Gasteiger partial charge >= 0.3 is 11.9 Å². The fraction of sp³-hybridized carbons (Fsp3) is 0.500. The monoisotopic (exact) mass is 279 g/mol. The molecule has 0 bridgehead atoms. The van der Waals surface area contributed by atoms with Gasteiger partial charge in [-0.2, -0.15) is 13.2 Å². The number of rotatable bonds is 5. The lowest BCUT2D eigenvalue weighted by atomic mass is 10.2. The molecule has 0 aliphatic carbocycles. The van der Waals surface area contributed by atoms with Gasteiger partial charge in [0.05, 0.1) is 11.0 Å². The largest absolute Gasteiger partial charge is 0.433 e. The molecule has 0 spiro atoms. The Bertz CT molecular complexity index is 465. The summed E-state index contributed by atoms with van der Waals surface area (Å²) >= 11 is 0. The van der Waals surface area contributed by atoms with Crippen molar-refractivity contribution in [3.05, 3.63) is 28.1 Å². The number of nitrogens with zero attached hydrogens (tertiary/aromatic N) is 2. The Kier molecular flexibility index (Phi) is 4.65. The number of aromatic nitrogens is 1. The molecule has 1 unspecified atom stereocenters. The van der Waals surface area contributed by atoms with E-state index in [0.717, 1.165) is 0 Å². The van der Waals surface area contributed by atoms with Crippen LogP contribution in [-0.2, 0) is 6.18 Å². The smallest absolute Gasteiger partial charge is 0.391 e. The molecule has 1 atom stereocenters. The van der Waals surface area contributed by atoms with Gasteiger partial charge in [-0.05, 0) is 12.5 Å². The molecule has 1 rings (SSSR count). The van der Waals surface area contributed by atoms with Gasteiger partial charge in [-0.15, -0.1) is 0 Å². The van der Waals surface area contributed by atoms with Crippen LogP contribution in [0.5, 0.6) is 0 Å². The molecule has 0 saturated heterocycles. The van der Waals surface area contributed by atoms with Gasteiger partial charge in [0, 0.05) is 6.54 Å². The lowest BCUT2D eigenvalue weighted by molar-refractivity contribution is -0.384. The standard InChI is InChI=1S/C10H12F3N3O3/c1-2-6(17)4-14-7-3-9(10(11,12)13)15-5-8(7)16(18)19/h3,5-6,17H,2,4H2,1H3,(H,14,15). The average molecular weight is 279 g/mol. The SMILES string of the molecule is CCC(O)CNc1cc(C(F)(F)F)ncc1[N+](=O)[O-]. The Morgan fingerprint density at radius 3 is 2.68 bits per heavy atom. The lowest BCUT2D eigenvalue weighted by Gasteiger charge is -2.12. The fourth-order valence-corrected chi connectivity index (χ4v) is 1.26. The highest BCUT2D eigenvalue weighted by Crippen LogP contribution is 2.32. The molecule has 9 heteroatoms. The molecule has 2 N–H and O–H groups in total. The van der Waals surface area contributed by atoms with Gasteiger partial charge in [0.1, 0.15) is 17.6 Å². The van der Waals surface area contributed by atoms with Gasteiger partial charge < -0.3 is 10.4 Å². The highest BCUT2D eigenvalue weighted by Gasteiger charge is 2.34. The van der Waals surface area contributed by atoms with Crippen LogP contribution >= 0.6 is 0 Å². The first-order chi connectivity index (χ1) is 8.75. The van der Waals surface area contributed by atoms with Gasteiger partial charge in [0.2, 0.25) is 0 Å². The molecule has 0 aromatic carbocycles. The number of anilines is 1. The summed E-state index contributed by atoms with van der Waals surface area (Å²) in [5, 5.41) is 22.4. The molecular formula is C10H12F3N3O3.